The maximum Gasteiger partial charge on any atom is 0.573 e. The number of rotatable bonds is 4. The van der Waals surface area contributed by atoms with Gasteiger partial charge >= 0.3 is 13.0 Å². The normalized spacial score (nSPS) is 11.6. The van der Waals surface area contributed by atoms with Crippen molar-refractivity contribution in [3.63, 3.8) is 0 Å². The van der Waals surface area contributed by atoms with Crippen LogP contribution in [0.3, 0.4) is 0 Å². The fraction of sp³-hybridized carbons (Fsp3) is 0.143. The molecule has 118 valence electrons. The van der Waals surface area contributed by atoms with Gasteiger partial charge in [0, 0.05) is 11.1 Å². The molecular formula is C14H8BrF5O2. The summed E-state index contributed by atoms with van der Waals surface area (Å²) in [6.45, 7) is -3.12. The summed E-state index contributed by atoms with van der Waals surface area (Å²) in [5.41, 5.74) is 0.0336. The van der Waals surface area contributed by atoms with E-state index in [-0.39, 0.29) is 21.3 Å². The Labute approximate surface area is 130 Å². The molecule has 0 bridgehead atoms. The Morgan fingerprint density at radius 2 is 1.55 bits per heavy atom. The average molecular weight is 383 g/mol. The molecule has 2 aromatic carbocycles. The molecule has 0 unspecified atom stereocenters. The van der Waals surface area contributed by atoms with Crippen LogP contribution in [0, 0.1) is 0 Å². The highest BCUT2D eigenvalue weighted by Gasteiger charge is 2.32. The summed E-state index contributed by atoms with van der Waals surface area (Å²) in [4.78, 5) is 0. The molecule has 0 aliphatic carbocycles. The zero-order chi connectivity index (χ0) is 16.3. The monoisotopic (exact) mass is 382 g/mol. The number of para-hydroxylation sites is 2. The summed E-state index contributed by atoms with van der Waals surface area (Å²) >= 11 is 3.04. The van der Waals surface area contributed by atoms with Crippen LogP contribution in [-0.2, 0) is 0 Å². The second-order valence-electron chi connectivity index (χ2n) is 4.04. The third-order valence-corrected chi connectivity index (χ3v) is 3.20. The van der Waals surface area contributed by atoms with Gasteiger partial charge in [-0.05, 0) is 28.1 Å². The van der Waals surface area contributed by atoms with Crippen LogP contribution in [0.5, 0.6) is 11.5 Å². The van der Waals surface area contributed by atoms with E-state index in [1.807, 2.05) is 0 Å². The molecule has 0 amide bonds. The van der Waals surface area contributed by atoms with Crippen LogP contribution in [0.1, 0.15) is 0 Å². The number of hydrogen-bond acceptors (Lipinski definition) is 2. The highest BCUT2D eigenvalue weighted by molar-refractivity contribution is 9.10. The van der Waals surface area contributed by atoms with Gasteiger partial charge in [-0.1, -0.05) is 30.3 Å². The van der Waals surface area contributed by atoms with Gasteiger partial charge in [-0.2, -0.15) is 8.78 Å². The summed E-state index contributed by atoms with van der Waals surface area (Å²) in [5.74, 6) is -0.775. The molecule has 0 spiro atoms. The molecule has 0 radical (unpaired) electrons. The molecule has 0 heterocycles. The Balaban J connectivity index is 2.55. The topological polar surface area (TPSA) is 18.5 Å². The standard InChI is InChI=1S/C14H8BrF5O2/c15-10-6-3-5-9(12(10)21-13(16)17)8-4-1-2-7-11(8)22-14(18,19)20/h1-7,13H. The second kappa shape index (κ2) is 6.51. The lowest BCUT2D eigenvalue weighted by Gasteiger charge is -2.16. The molecule has 0 N–H and O–H groups in total. The Morgan fingerprint density at radius 1 is 0.909 bits per heavy atom. The lowest BCUT2D eigenvalue weighted by atomic mass is 10.0. The number of ether oxygens (including phenoxy) is 2. The molecule has 0 fully saturated rings. The van der Waals surface area contributed by atoms with Crippen molar-refractivity contribution in [2.45, 2.75) is 13.0 Å². The van der Waals surface area contributed by atoms with Crippen molar-refractivity contribution in [2.75, 3.05) is 0 Å². The van der Waals surface area contributed by atoms with E-state index in [1.165, 1.54) is 36.4 Å². The van der Waals surface area contributed by atoms with E-state index in [4.69, 9.17) is 0 Å². The fourth-order valence-electron chi connectivity index (χ4n) is 1.83. The summed E-state index contributed by atoms with van der Waals surface area (Å²) in [7, 11) is 0. The number of benzene rings is 2. The van der Waals surface area contributed by atoms with Crippen molar-refractivity contribution in [1.82, 2.24) is 0 Å². The summed E-state index contributed by atoms with van der Waals surface area (Å²) in [5, 5.41) is 0. The lowest BCUT2D eigenvalue weighted by Crippen LogP contribution is -2.17. The predicted molar refractivity (Wildman–Crippen MR) is 72.9 cm³/mol. The minimum atomic E-state index is -4.90. The van der Waals surface area contributed by atoms with E-state index in [9.17, 15) is 22.0 Å². The fourth-order valence-corrected chi connectivity index (χ4v) is 2.29. The largest absolute Gasteiger partial charge is 0.573 e. The van der Waals surface area contributed by atoms with Crippen molar-refractivity contribution in [3.05, 3.63) is 46.9 Å². The minimum Gasteiger partial charge on any atom is -0.433 e. The first-order valence-electron chi connectivity index (χ1n) is 5.86. The predicted octanol–water partition coefficient (Wildman–Crippen LogP) is 5.62. The first-order valence-corrected chi connectivity index (χ1v) is 6.65. The van der Waals surface area contributed by atoms with Crippen molar-refractivity contribution in [1.29, 1.82) is 0 Å². The van der Waals surface area contributed by atoms with Gasteiger partial charge in [-0.3, -0.25) is 0 Å². The van der Waals surface area contributed by atoms with Gasteiger partial charge in [0.25, 0.3) is 0 Å². The molecule has 0 saturated heterocycles. The van der Waals surface area contributed by atoms with E-state index in [0.717, 1.165) is 6.07 Å². The highest BCUT2D eigenvalue weighted by Crippen LogP contribution is 2.42. The van der Waals surface area contributed by atoms with Crippen LogP contribution in [0.4, 0.5) is 22.0 Å². The minimum absolute atomic E-state index is 0.0169. The number of hydrogen-bond donors (Lipinski definition) is 0. The van der Waals surface area contributed by atoms with E-state index in [0.29, 0.717) is 0 Å². The molecule has 0 aliphatic heterocycles. The number of halogens is 6. The molecule has 0 aromatic heterocycles. The molecule has 8 heteroatoms. The highest BCUT2D eigenvalue weighted by atomic mass is 79.9. The molecular weight excluding hydrogens is 375 g/mol. The van der Waals surface area contributed by atoms with E-state index >= 15 is 0 Å². The van der Waals surface area contributed by atoms with Gasteiger partial charge in [0.05, 0.1) is 4.47 Å². The van der Waals surface area contributed by atoms with Crippen LogP contribution in [0.2, 0.25) is 0 Å². The van der Waals surface area contributed by atoms with Crippen molar-refractivity contribution < 1.29 is 31.4 Å². The summed E-state index contributed by atoms with van der Waals surface area (Å²) in [6.07, 6.45) is -4.90. The first-order chi connectivity index (χ1) is 10.3. The zero-order valence-corrected chi connectivity index (χ0v) is 12.3. The Kier molecular flexibility index (Phi) is 4.90. The first kappa shape index (κ1) is 16.5. The van der Waals surface area contributed by atoms with Crippen molar-refractivity contribution in [3.8, 4) is 22.6 Å². The van der Waals surface area contributed by atoms with Crippen LogP contribution in [0.25, 0.3) is 11.1 Å². The maximum atomic E-state index is 12.5. The Bertz CT molecular complexity index is 658. The molecule has 2 aromatic rings. The third kappa shape index (κ3) is 4.09. The van der Waals surface area contributed by atoms with Gasteiger partial charge in [-0.25, -0.2) is 0 Å². The van der Waals surface area contributed by atoms with Gasteiger partial charge in [-0.15, -0.1) is 13.2 Å². The average Bonchev–Trinajstić information content (AvgIpc) is 2.40. The molecule has 2 rings (SSSR count). The van der Waals surface area contributed by atoms with Crippen molar-refractivity contribution in [2.24, 2.45) is 0 Å². The smallest absolute Gasteiger partial charge is 0.433 e. The Hall–Kier alpha value is -1.83. The zero-order valence-electron chi connectivity index (χ0n) is 10.7. The summed E-state index contributed by atoms with van der Waals surface area (Å²) < 4.78 is 70.9. The van der Waals surface area contributed by atoms with Gasteiger partial charge in [0.1, 0.15) is 11.5 Å². The van der Waals surface area contributed by atoms with Crippen LogP contribution in [0.15, 0.2) is 46.9 Å². The van der Waals surface area contributed by atoms with Gasteiger partial charge < -0.3 is 9.47 Å². The van der Waals surface area contributed by atoms with E-state index < -0.39 is 18.7 Å². The Morgan fingerprint density at radius 3 is 2.18 bits per heavy atom. The molecule has 0 atom stereocenters. The van der Waals surface area contributed by atoms with E-state index in [1.54, 1.807) is 0 Å². The van der Waals surface area contributed by atoms with Crippen LogP contribution < -0.4 is 9.47 Å². The number of alkyl halides is 5. The van der Waals surface area contributed by atoms with Crippen molar-refractivity contribution >= 4 is 15.9 Å². The molecule has 2 nitrogen and oxygen atoms in total. The third-order valence-electron chi connectivity index (χ3n) is 2.58. The van der Waals surface area contributed by atoms with E-state index in [2.05, 4.69) is 25.4 Å². The van der Waals surface area contributed by atoms with Crippen LogP contribution in [-0.4, -0.2) is 13.0 Å². The lowest BCUT2D eigenvalue weighted by molar-refractivity contribution is -0.274. The quantitative estimate of drug-likeness (QED) is 0.639. The maximum absolute atomic E-state index is 12.5. The molecule has 0 saturated carbocycles. The molecule has 22 heavy (non-hydrogen) atoms. The molecule has 0 aliphatic rings. The second-order valence-corrected chi connectivity index (χ2v) is 4.89. The SMILES string of the molecule is FC(F)Oc1c(Br)cccc1-c1ccccc1OC(F)(F)F. The van der Waals surface area contributed by atoms with Crippen LogP contribution >= 0.6 is 15.9 Å². The van der Waals surface area contributed by atoms with Gasteiger partial charge in [0.15, 0.2) is 0 Å². The summed E-state index contributed by atoms with van der Waals surface area (Å²) in [6, 6.07) is 9.51. The van der Waals surface area contributed by atoms with Gasteiger partial charge in [0.2, 0.25) is 0 Å².